The van der Waals surface area contributed by atoms with E-state index in [1.165, 1.54) is 70.6 Å². The Morgan fingerprint density at radius 3 is 1.77 bits per heavy atom. The number of sulfone groups is 1. The van der Waals surface area contributed by atoms with Crippen LogP contribution in [-0.4, -0.2) is 32.6 Å². The summed E-state index contributed by atoms with van der Waals surface area (Å²) in [6.45, 7) is 3.00. The molecule has 0 aromatic carbocycles. The van der Waals surface area contributed by atoms with Gasteiger partial charge in [-0.05, 0) is 12.8 Å². The molecule has 22 heavy (non-hydrogen) atoms. The molecule has 1 aliphatic heterocycles. The molecule has 0 bridgehead atoms. The van der Waals surface area contributed by atoms with Crippen LogP contribution in [0.1, 0.15) is 90.4 Å². The van der Waals surface area contributed by atoms with E-state index in [0.717, 1.165) is 13.0 Å². The average Bonchev–Trinajstić information content (AvgIpc) is 2.83. The Hall–Kier alpha value is -0.0900. The molecular weight excluding hydrogens is 296 g/mol. The van der Waals surface area contributed by atoms with Crippen molar-refractivity contribution in [2.24, 2.45) is 0 Å². The van der Waals surface area contributed by atoms with E-state index in [1.807, 2.05) is 0 Å². The molecule has 0 N–H and O–H groups in total. The lowest BCUT2D eigenvalue weighted by atomic mass is 10.1. The second-order valence-electron chi connectivity index (χ2n) is 6.78. The van der Waals surface area contributed by atoms with Gasteiger partial charge in [-0.1, -0.05) is 77.6 Å². The number of ether oxygens (including phenoxy) is 1. The maximum absolute atomic E-state index is 11.3. The SMILES string of the molecule is CCCCCCCCCCCCCCO[C@H]1CCS(=O)(=O)C1. The highest BCUT2D eigenvalue weighted by molar-refractivity contribution is 7.91. The van der Waals surface area contributed by atoms with Crippen LogP contribution in [0.4, 0.5) is 0 Å². The van der Waals surface area contributed by atoms with Gasteiger partial charge in [0.25, 0.3) is 0 Å². The fourth-order valence-electron chi connectivity index (χ4n) is 3.09. The van der Waals surface area contributed by atoms with Crippen LogP contribution in [0.5, 0.6) is 0 Å². The van der Waals surface area contributed by atoms with Gasteiger partial charge in [-0.15, -0.1) is 0 Å². The van der Waals surface area contributed by atoms with Crippen LogP contribution in [0.25, 0.3) is 0 Å². The molecule has 1 aliphatic rings. The van der Waals surface area contributed by atoms with E-state index in [0.29, 0.717) is 12.2 Å². The van der Waals surface area contributed by atoms with Gasteiger partial charge in [0.05, 0.1) is 17.6 Å². The van der Waals surface area contributed by atoms with Crippen molar-refractivity contribution in [2.75, 3.05) is 18.1 Å². The van der Waals surface area contributed by atoms with E-state index in [4.69, 9.17) is 4.74 Å². The van der Waals surface area contributed by atoms with Crippen molar-refractivity contribution in [3.05, 3.63) is 0 Å². The minimum atomic E-state index is -2.79. The van der Waals surface area contributed by atoms with Crippen LogP contribution in [0.2, 0.25) is 0 Å². The largest absolute Gasteiger partial charge is 0.377 e. The molecule has 1 saturated heterocycles. The predicted octanol–water partition coefficient (Wildman–Crippen LogP) is 4.89. The molecule has 0 aliphatic carbocycles. The van der Waals surface area contributed by atoms with Gasteiger partial charge in [0.2, 0.25) is 0 Å². The molecule has 0 amide bonds. The van der Waals surface area contributed by atoms with Gasteiger partial charge in [0.15, 0.2) is 9.84 Å². The van der Waals surface area contributed by atoms with Crippen LogP contribution >= 0.6 is 0 Å². The molecule has 0 unspecified atom stereocenters. The second kappa shape index (κ2) is 12.3. The van der Waals surface area contributed by atoms with E-state index >= 15 is 0 Å². The van der Waals surface area contributed by atoms with Gasteiger partial charge in [-0.2, -0.15) is 0 Å². The first kappa shape index (κ1) is 20.0. The van der Waals surface area contributed by atoms with Gasteiger partial charge in [0.1, 0.15) is 0 Å². The molecule has 0 radical (unpaired) electrons. The zero-order chi connectivity index (χ0) is 16.1. The molecule has 0 aromatic rings. The maximum atomic E-state index is 11.3. The van der Waals surface area contributed by atoms with Crippen molar-refractivity contribution in [1.29, 1.82) is 0 Å². The smallest absolute Gasteiger partial charge is 0.152 e. The first-order valence-electron chi connectivity index (χ1n) is 9.46. The van der Waals surface area contributed by atoms with Gasteiger partial charge in [-0.25, -0.2) is 8.42 Å². The Bertz CT molecular complexity index is 351. The summed E-state index contributed by atoms with van der Waals surface area (Å²) in [5.74, 6) is 0.557. The molecule has 1 heterocycles. The van der Waals surface area contributed by atoms with Gasteiger partial charge in [0, 0.05) is 6.61 Å². The first-order chi connectivity index (χ1) is 10.6. The van der Waals surface area contributed by atoms with Crippen molar-refractivity contribution in [2.45, 2.75) is 96.5 Å². The van der Waals surface area contributed by atoms with Gasteiger partial charge >= 0.3 is 0 Å². The molecule has 1 fully saturated rings. The molecule has 4 heteroatoms. The Kier molecular flexibility index (Phi) is 11.2. The maximum Gasteiger partial charge on any atom is 0.152 e. The number of hydrogen-bond donors (Lipinski definition) is 0. The molecule has 0 saturated carbocycles. The van der Waals surface area contributed by atoms with Crippen LogP contribution in [0.3, 0.4) is 0 Å². The van der Waals surface area contributed by atoms with E-state index in [9.17, 15) is 8.42 Å². The zero-order valence-corrected chi connectivity index (χ0v) is 15.3. The fraction of sp³-hybridized carbons (Fsp3) is 1.00. The van der Waals surface area contributed by atoms with Gasteiger partial charge < -0.3 is 4.74 Å². The van der Waals surface area contributed by atoms with E-state index in [2.05, 4.69) is 6.92 Å². The fourth-order valence-corrected chi connectivity index (χ4v) is 4.70. The molecule has 1 atom stereocenters. The van der Waals surface area contributed by atoms with Crippen molar-refractivity contribution in [3.63, 3.8) is 0 Å². The van der Waals surface area contributed by atoms with Crippen LogP contribution in [0, 0.1) is 0 Å². The van der Waals surface area contributed by atoms with Crippen molar-refractivity contribution >= 4 is 9.84 Å². The van der Waals surface area contributed by atoms with Crippen LogP contribution < -0.4 is 0 Å². The minimum Gasteiger partial charge on any atom is -0.377 e. The standard InChI is InChI=1S/C18H36O3S/c1-2-3-4-5-6-7-8-9-10-11-12-13-15-21-18-14-16-22(19,20)17-18/h18H,2-17H2,1H3/t18-/m0/s1. The minimum absolute atomic E-state index is 0.0299. The normalized spacial score (nSPS) is 20.5. The summed E-state index contributed by atoms with van der Waals surface area (Å²) >= 11 is 0. The number of hydrogen-bond acceptors (Lipinski definition) is 3. The van der Waals surface area contributed by atoms with Gasteiger partial charge in [-0.3, -0.25) is 0 Å². The topological polar surface area (TPSA) is 43.4 Å². The Labute approximate surface area is 138 Å². The summed E-state index contributed by atoms with van der Waals surface area (Å²) < 4.78 is 28.2. The Morgan fingerprint density at radius 1 is 0.818 bits per heavy atom. The van der Waals surface area contributed by atoms with Crippen molar-refractivity contribution < 1.29 is 13.2 Å². The van der Waals surface area contributed by atoms with Crippen LogP contribution in [-0.2, 0) is 14.6 Å². The summed E-state index contributed by atoms with van der Waals surface area (Å²) in [6, 6.07) is 0. The summed E-state index contributed by atoms with van der Waals surface area (Å²) in [5.41, 5.74) is 0. The summed E-state index contributed by atoms with van der Waals surface area (Å²) in [7, 11) is -2.79. The molecule has 0 spiro atoms. The lowest BCUT2D eigenvalue weighted by Crippen LogP contribution is -2.15. The number of unbranched alkanes of at least 4 members (excludes halogenated alkanes) is 11. The Morgan fingerprint density at radius 2 is 1.32 bits per heavy atom. The van der Waals surface area contributed by atoms with Crippen molar-refractivity contribution in [3.8, 4) is 0 Å². The van der Waals surface area contributed by atoms with E-state index < -0.39 is 9.84 Å². The molecular formula is C18H36O3S. The first-order valence-corrected chi connectivity index (χ1v) is 11.3. The Balaban J connectivity index is 1.75. The summed E-state index contributed by atoms with van der Waals surface area (Å²) in [5, 5.41) is 0. The second-order valence-corrected chi connectivity index (χ2v) is 9.01. The van der Waals surface area contributed by atoms with E-state index in [1.54, 1.807) is 0 Å². The quantitative estimate of drug-likeness (QED) is 0.425. The zero-order valence-electron chi connectivity index (χ0n) is 14.5. The van der Waals surface area contributed by atoms with E-state index in [-0.39, 0.29) is 11.9 Å². The molecule has 132 valence electrons. The highest BCUT2D eigenvalue weighted by Gasteiger charge is 2.28. The predicted molar refractivity (Wildman–Crippen MR) is 94.1 cm³/mol. The lowest BCUT2D eigenvalue weighted by molar-refractivity contribution is 0.0680. The molecule has 1 rings (SSSR count). The average molecular weight is 333 g/mol. The monoisotopic (exact) mass is 332 g/mol. The van der Waals surface area contributed by atoms with Crippen molar-refractivity contribution in [1.82, 2.24) is 0 Å². The summed E-state index contributed by atoms with van der Waals surface area (Å²) in [4.78, 5) is 0. The third kappa shape index (κ3) is 10.6. The third-order valence-corrected chi connectivity index (χ3v) is 6.28. The molecule has 3 nitrogen and oxygen atoms in total. The van der Waals surface area contributed by atoms with Crippen LogP contribution in [0.15, 0.2) is 0 Å². The number of rotatable bonds is 14. The highest BCUT2D eigenvalue weighted by atomic mass is 32.2. The highest BCUT2D eigenvalue weighted by Crippen LogP contribution is 2.16. The lowest BCUT2D eigenvalue weighted by Gasteiger charge is -2.09. The molecule has 0 aromatic heterocycles. The third-order valence-electron chi connectivity index (χ3n) is 4.54. The summed E-state index contributed by atoms with van der Waals surface area (Å²) in [6.07, 6.45) is 16.7.